The summed E-state index contributed by atoms with van der Waals surface area (Å²) < 4.78 is 6.37. The minimum Gasteiger partial charge on any atom is -0.489 e. The molecule has 0 saturated heterocycles. The predicted molar refractivity (Wildman–Crippen MR) is 137 cm³/mol. The average molecular weight is 460 g/mol. The summed E-state index contributed by atoms with van der Waals surface area (Å²) in [6.45, 7) is 3.85. The molecule has 4 fully saturated rings. The van der Waals surface area contributed by atoms with Gasteiger partial charge in [-0.2, -0.15) is 0 Å². The quantitative estimate of drug-likeness (QED) is 0.389. The van der Waals surface area contributed by atoms with Crippen LogP contribution in [0.3, 0.4) is 0 Å². The van der Waals surface area contributed by atoms with E-state index in [1.165, 1.54) is 54.9 Å². The van der Waals surface area contributed by atoms with Crippen LogP contribution in [0.5, 0.6) is 5.75 Å². The normalized spacial score (nSPS) is 28.8. The maximum absolute atomic E-state index is 6.37. The zero-order chi connectivity index (χ0) is 22.4. The van der Waals surface area contributed by atoms with Crippen LogP contribution >= 0.6 is 11.6 Å². The molecule has 172 valence electrons. The molecule has 7 rings (SSSR count). The highest BCUT2D eigenvalue weighted by Gasteiger charge is 2.52. The van der Waals surface area contributed by atoms with E-state index in [0.29, 0.717) is 18.1 Å². The van der Waals surface area contributed by atoms with Crippen molar-refractivity contribution in [1.29, 1.82) is 0 Å². The molecule has 0 spiro atoms. The van der Waals surface area contributed by atoms with Crippen LogP contribution in [0.1, 0.15) is 56.6 Å². The van der Waals surface area contributed by atoms with Crippen LogP contribution in [-0.2, 0) is 13.2 Å². The summed E-state index contributed by atoms with van der Waals surface area (Å²) in [4.78, 5) is 0. The van der Waals surface area contributed by atoms with E-state index in [2.05, 4.69) is 48.6 Å². The van der Waals surface area contributed by atoms with Crippen molar-refractivity contribution in [1.82, 2.24) is 5.32 Å². The Morgan fingerprint density at radius 3 is 2.27 bits per heavy atom. The lowest BCUT2D eigenvalue weighted by atomic mass is 9.48. The Bertz CT molecular complexity index is 1100. The van der Waals surface area contributed by atoms with Crippen molar-refractivity contribution in [2.24, 2.45) is 23.2 Å². The van der Waals surface area contributed by atoms with Crippen LogP contribution in [-0.4, -0.2) is 6.04 Å². The monoisotopic (exact) mass is 459 g/mol. The molecular formula is C30H34ClNO. The lowest BCUT2D eigenvalue weighted by Crippen LogP contribution is -2.54. The molecule has 0 aliphatic heterocycles. The van der Waals surface area contributed by atoms with Gasteiger partial charge < -0.3 is 10.1 Å². The zero-order valence-corrected chi connectivity index (χ0v) is 20.3. The molecule has 0 aromatic heterocycles. The first kappa shape index (κ1) is 21.5. The largest absolute Gasteiger partial charge is 0.489 e. The number of hydrogen-bond donors (Lipinski definition) is 1. The van der Waals surface area contributed by atoms with Gasteiger partial charge in [0, 0.05) is 23.2 Å². The second-order valence-electron chi connectivity index (χ2n) is 11.1. The fourth-order valence-electron chi connectivity index (χ4n) is 7.55. The minimum atomic E-state index is 0.504. The van der Waals surface area contributed by atoms with E-state index in [-0.39, 0.29) is 0 Å². The molecule has 33 heavy (non-hydrogen) atoms. The number of benzene rings is 3. The van der Waals surface area contributed by atoms with Crippen LogP contribution in [0, 0.1) is 23.2 Å². The van der Waals surface area contributed by atoms with Crippen LogP contribution in [0.2, 0.25) is 5.02 Å². The highest BCUT2D eigenvalue weighted by molar-refractivity contribution is 6.30. The molecule has 4 aliphatic rings. The van der Waals surface area contributed by atoms with Crippen molar-refractivity contribution < 1.29 is 4.74 Å². The van der Waals surface area contributed by atoms with Crippen LogP contribution in [0.15, 0.2) is 60.7 Å². The molecule has 3 aromatic rings. The van der Waals surface area contributed by atoms with Crippen LogP contribution < -0.4 is 10.1 Å². The third-order valence-corrected chi connectivity index (χ3v) is 9.15. The summed E-state index contributed by atoms with van der Waals surface area (Å²) in [5.74, 6) is 3.93. The first-order chi connectivity index (χ1) is 16.1. The molecule has 0 unspecified atom stereocenters. The van der Waals surface area contributed by atoms with Crippen molar-refractivity contribution in [3.8, 4) is 5.75 Å². The van der Waals surface area contributed by atoms with Crippen LogP contribution in [0.25, 0.3) is 10.8 Å². The third kappa shape index (κ3) is 4.17. The Kier molecular flexibility index (Phi) is 5.63. The molecular weight excluding hydrogens is 426 g/mol. The van der Waals surface area contributed by atoms with Gasteiger partial charge in [0.25, 0.3) is 0 Å². The second-order valence-corrected chi connectivity index (χ2v) is 11.5. The zero-order valence-electron chi connectivity index (χ0n) is 19.5. The van der Waals surface area contributed by atoms with E-state index in [1.54, 1.807) is 0 Å². The molecule has 4 saturated carbocycles. The van der Waals surface area contributed by atoms with E-state index in [4.69, 9.17) is 16.3 Å². The van der Waals surface area contributed by atoms with E-state index in [9.17, 15) is 0 Å². The van der Waals surface area contributed by atoms with Gasteiger partial charge in [0.05, 0.1) is 0 Å². The Hall–Kier alpha value is -2.03. The molecule has 0 amide bonds. The van der Waals surface area contributed by atoms with E-state index in [1.807, 2.05) is 24.3 Å². The predicted octanol–water partition coefficient (Wildman–Crippen LogP) is 7.77. The van der Waals surface area contributed by atoms with Gasteiger partial charge in [0.15, 0.2) is 0 Å². The molecule has 4 bridgehead atoms. The number of hydrogen-bond acceptors (Lipinski definition) is 2. The molecule has 3 aromatic carbocycles. The maximum Gasteiger partial charge on any atom is 0.124 e. The van der Waals surface area contributed by atoms with Crippen LogP contribution in [0.4, 0.5) is 0 Å². The van der Waals surface area contributed by atoms with Gasteiger partial charge in [0.1, 0.15) is 12.4 Å². The van der Waals surface area contributed by atoms with Gasteiger partial charge >= 0.3 is 0 Å². The molecule has 0 radical (unpaired) electrons. The first-order valence-electron chi connectivity index (χ1n) is 12.7. The number of rotatable bonds is 7. The molecule has 4 aliphatic carbocycles. The first-order valence-corrected chi connectivity index (χ1v) is 13.1. The van der Waals surface area contributed by atoms with Gasteiger partial charge in [-0.1, -0.05) is 54.1 Å². The molecule has 0 heterocycles. The standard InChI is InChI=1S/C30H34ClNO/c1-20(30-15-22-12-23(16-30)14-24(13-22)17-30)32-18-28-27-5-3-2-4-25(27)8-11-29(28)33-19-21-6-9-26(31)10-7-21/h2-11,20,22-24,32H,12-19H2,1H3/t20-,22?,23?,24?,30?/m1/s1. The number of halogens is 1. The Labute approximate surface area is 202 Å². The van der Waals surface area contributed by atoms with E-state index < -0.39 is 0 Å². The average Bonchev–Trinajstić information content (AvgIpc) is 2.81. The lowest BCUT2D eigenvalue weighted by Gasteiger charge is -2.59. The lowest BCUT2D eigenvalue weighted by molar-refractivity contribution is -0.0706. The topological polar surface area (TPSA) is 21.3 Å². The summed E-state index contributed by atoms with van der Waals surface area (Å²) in [5.41, 5.74) is 2.91. The fourth-order valence-corrected chi connectivity index (χ4v) is 7.68. The summed E-state index contributed by atoms with van der Waals surface area (Å²) >= 11 is 6.05. The molecule has 3 heteroatoms. The van der Waals surface area contributed by atoms with Gasteiger partial charge in [0.2, 0.25) is 0 Å². The van der Waals surface area contributed by atoms with Gasteiger partial charge in [-0.3, -0.25) is 0 Å². The SMILES string of the molecule is C[C@@H](NCc1c(OCc2ccc(Cl)cc2)ccc2ccccc12)C12CC3CC(CC(C3)C1)C2. The van der Waals surface area contributed by atoms with Gasteiger partial charge in [-0.15, -0.1) is 0 Å². The minimum absolute atomic E-state index is 0.504. The number of nitrogens with one attached hydrogen (secondary N) is 1. The summed E-state index contributed by atoms with van der Waals surface area (Å²) in [7, 11) is 0. The molecule has 2 nitrogen and oxygen atoms in total. The van der Waals surface area contributed by atoms with Crippen molar-refractivity contribution in [3.63, 3.8) is 0 Å². The second kappa shape index (κ2) is 8.64. The highest BCUT2D eigenvalue weighted by atomic mass is 35.5. The Morgan fingerprint density at radius 2 is 1.58 bits per heavy atom. The van der Waals surface area contributed by atoms with Crippen molar-refractivity contribution in [2.45, 2.75) is 64.6 Å². The molecule has 1 N–H and O–H groups in total. The van der Waals surface area contributed by atoms with E-state index in [0.717, 1.165) is 40.6 Å². The van der Waals surface area contributed by atoms with Gasteiger partial charge in [-0.05, 0) is 103 Å². The summed E-state index contributed by atoms with van der Waals surface area (Å²) in [5, 5.41) is 7.32. The number of ether oxygens (including phenoxy) is 1. The Morgan fingerprint density at radius 1 is 0.909 bits per heavy atom. The van der Waals surface area contributed by atoms with E-state index >= 15 is 0 Å². The maximum atomic E-state index is 6.37. The van der Waals surface area contributed by atoms with Crippen molar-refractivity contribution in [2.75, 3.05) is 0 Å². The van der Waals surface area contributed by atoms with Gasteiger partial charge in [-0.25, -0.2) is 0 Å². The highest BCUT2D eigenvalue weighted by Crippen LogP contribution is 2.61. The third-order valence-electron chi connectivity index (χ3n) is 8.89. The fraction of sp³-hybridized carbons (Fsp3) is 0.467. The number of fused-ring (bicyclic) bond motifs is 1. The smallest absolute Gasteiger partial charge is 0.124 e. The Balaban J connectivity index is 1.23. The summed E-state index contributed by atoms with van der Waals surface area (Å²) in [6.07, 6.45) is 8.79. The summed E-state index contributed by atoms with van der Waals surface area (Å²) in [6, 6.07) is 21.5. The molecule has 1 atom stereocenters. The van der Waals surface area contributed by atoms with Crippen molar-refractivity contribution in [3.05, 3.63) is 76.8 Å². The van der Waals surface area contributed by atoms with Crippen molar-refractivity contribution >= 4 is 22.4 Å².